The Morgan fingerprint density at radius 2 is 2.20 bits per heavy atom. The average molecular weight is 408 g/mol. The van der Waals surface area contributed by atoms with Crippen molar-refractivity contribution >= 4 is 16.8 Å². The van der Waals surface area contributed by atoms with Crippen molar-refractivity contribution in [2.24, 2.45) is 0 Å². The Morgan fingerprint density at radius 3 is 2.90 bits per heavy atom. The summed E-state index contributed by atoms with van der Waals surface area (Å²) in [4.78, 5) is 46.6. The van der Waals surface area contributed by atoms with E-state index in [9.17, 15) is 14.4 Å². The number of aromatic amines is 1. The lowest BCUT2D eigenvalue weighted by atomic mass is 10.1. The number of hydrogen-bond donors (Lipinski definition) is 1. The van der Waals surface area contributed by atoms with Crippen molar-refractivity contribution in [1.29, 1.82) is 0 Å². The minimum Gasteiger partial charge on any atom is -0.376 e. The highest BCUT2D eigenvalue weighted by Gasteiger charge is 2.24. The van der Waals surface area contributed by atoms with E-state index in [1.807, 2.05) is 12.1 Å². The third kappa shape index (κ3) is 4.04. The monoisotopic (exact) mass is 408 g/mol. The number of ether oxygens (including phenoxy) is 1. The molecule has 1 amide bonds. The van der Waals surface area contributed by atoms with E-state index >= 15 is 0 Å². The van der Waals surface area contributed by atoms with Crippen LogP contribution in [-0.4, -0.2) is 44.6 Å². The van der Waals surface area contributed by atoms with Gasteiger partial charge in [-0.25, -0.2) is 4.79 Å². The molecule has 1 N–H and O–H groups in total. The maximum absolute atomic E-state index is 13.3. The second-order valence-corrected chi connectivity index (χ2v) is 7.42. The molecule has 8 nitrogen and oxygen atoms in total. The number of benzene rings is 1. The molecule has 1 aromatic carbocycles. The van der Waals surface area contributed by atoms with Crippen LogP contribution in [0, 0.1) is 0 Å². The number of H-pyrrole nitrogens is 1. The second kappa shape index (κ2) is 8.62. The van der Waals surface area contributed by atoms with E-state index in [0.717, 1.165) is 23.0 Å². The van der Waals surface area contributed by atoms with Crippen LogP contribution in [0.25, 0.3) is 10.9 Å². The molecule has 1 saturated heterocycles. The van der Waals surface area contributed by atoms with E-state index < -0.39 is 5.69 Å². The van der Waals surface area contributed by atoms with E-state index in [0.29, 0.717) is 36.2 Å². The summed E-state index contributed by atoms with van der Waals surface area (Å²) < 4.78 is 6.87. The van der Waals surface area contributed by atoms with E-state index in [1.54, 1.807) is 42.4 Å². The fourth-order valence-electron chi connectivity index (χ4n) is 3.82. The van der Waals surface area contributed by atoms with Crippen LogP contribution in [0.5, 0.6) is 0 Å². The van der Waals surface area contributed by atoms with Crippen molar-refractivity contribution in [3.63, 3.8) is 0 Å². The molecule has 1 unspecified atom stereocenters. The molecule has 30 heavy (non-hydrogen) atoms. The van der Waals surface area contributed by atoms with Gasteiger partial charge >= 0.3 is 5.69 Å². The zero-order valence-corrected chi connectivity index (χ0v) is 16.8. The molecule has 4 rings (SSSR count). The number of carbonyl (C=O) groups excluding carboxylic acids is 1. The molecule has 8 heteroatoms. The Morgan fingerprint density at radius 1 is 1.33 bits per heavy atom. The number of hydrogen-bond acceptors (Lipinski definition) is 5. The average Bonchev–Trinajstić information content (AvgIpc) is 3.26. The first-order valence-corrected chi connectivity index (χ1v) is 10.1. The van der Waals surface area contributed by atoms with Crippen LogP contribution in [0.4, 0.5) is 0 Å². The van der Waals surface area contributed by atoms with E-state index in [-0.39, 0.29) is 24.1 Å². The molecule has 0 spiro atoms. The summed E-state index contributed by atoms with van der Waals surface area (Å²) in [7, 11) is 0. The normalized spacial score (nSPS) is 16.1. The molecular formula is C22H24N4O4. The first-order chi connectivity index (χ1) is 14.6. The van der Waals surface area contributed by atoms with Crippen molar-refractivity contribution in [3.05, 3.63) is 74.7 Å². The van der Waals surface area contributed by atoms with E-state index in [2.05, 4.69) is 9.97 Å². The molecule has 0 bridgehead atoms. The second-order valence-electron chi connectivity index (χ2n) is 7.42. The van der Waals surface area contributed by atoms with Crippen molar-refractivity contribution in [2.75, 3.05) is 13.2 Å². The zero-order valence-electron chi connectivity index (χ0n) is 16.8. The highest BCUT2D eigenvalue weighted by Crippen LogP contribution is 2.18. The molecule has 0 radical (unpaired) electrons. The van der Waals surface area contributed by atoms with Gasteiger partial charge < -0.3 is 14.6 Å². The summed E-state index contributed by atoms with van der Waals surface area (Å²) in [6.45, 7) is 3.60. The van der Waals surface area contributed by atoms with Crippen LogP contribution in [0.2, 0.25) is 0 Å². The molecule has 0 saturated carbocycles. The Hall–Kier alpha value is -3.26. The van der Waals surface area contributed by atoms with Crippen LogP contribution in [-0.2, 0) is 17.8 Å². The van der Waals surface area contributed by atoms with Gasteiger partial charge in [-0.2, -0.15) is 0 Å². The summed E-state index contributed by atoms with van der Waals surface area (Å²) in [6, 6.07) is 8.57. The Labute approximate surface area is 173 Å². The predicted octanol–water partition coefficient (Wildman–Crippen LogP) is 1.93. The lowest BCUT2D eigenvalue weighted by Crippen LogP contribution is -2.37. The number of nitrogens with one attached hydrogen (secondary N) is 1. The molecule has 1 aliphatic rings. The minimum absolute atomic E-state index is 0.00245. The van der Waals surface area contributed by atoms with Gasteiger partial charge in [-0.15, -0.1) is 0 Å². The number of rotatable bonds is 6. The number of fused-ring (bicyclic) bond motifs is 1. The quantitative estimate of drug-likeness (QED) is 0.672. The molecule has 3 aromatic rings. The van der Waals surface area contributed by atoms with E-state index in [4.69, 9.17) is 4.74 Å². The number of pyridine rings is 1. The molecule has 0 aliphatic carbocycles. The summed E-state index contributed by atoms with van der Waals surface area (Å²) in [5.41, 5.74) is 0.851. The lowest BCUT2D eigenvalue weighted by Gasteiger charge is -2.25. The van der Waals surface area contributed by atoms with Gasteiger partial charge in [-0.1, -0.05) is 6.07 Å². The molecule has 3 heterocycles. The van der Waals surface area contributed by atoms with E-state index in [1.165, 1.54) is 0 Å². The molecule has 156 valence electrons. The van der Waals surface area contributed by atoms with Gasteiger partial charge in [0.15, 0.2) is 0 Å². The van der Waals surface area contributed by atoms with Crippen LogP contribution in [0.1, 0.15) is 35.7 Å². The van der Waals surface area contributed by atoms with Gasteiger partial charge in [0.05, 0.1) is 17.0 Å². The van der Waals surface area contributed by atoms with Gasteiger partial charge in [-0.05, 0) is 49.6 Å². The van der Waals surface area contributed by atoms with Crippen LogP contribution >= 0.6 is 0 Å². The van der Waals surface area contributed by atoms with Crippen LogP contribution in [0.15, 0.2) is 52.3 Å². The van der Waals surface area contributed by atoms with Crippen LogP contribution in [0.3, 0.4) is 0 Å². The Bertz CT molecular complexity index is 1160. The van der Waals surface area contributed by atoms with Crippen molar-refractivity contribution in [2.45, 2.75) is 39.0 Å². The third-order valence-electron chi connectivity index (χ3n) is 5.38. The van der Waals surface area contributed by atoms with Gasteiger partial charge in [0.1, 0.15) is 0 Å². The number of amides is 1. The summed E-state index contributed by atoms with van der Waals surface area (Å²) >= 11 is 0. The first kappa shape index (κ1) is 20.0. The summed E-state index contributed by atoms with van der Waals surface area (Å²) in [5.74, 6) is -0.184. The topological polar surface area (TPSA) is 97.3 Å². The summed E-state index contributed by atoms with van der Waals surface area (Å²) in [5, 5.41) is 0.380. The third-order valence-corrected chi connectivity index (χ3v) is 5.38. The highest BCUT2D eigenvalue weighted by atomic mass is 16.5. The maximum atomic E-state index is 13.3. The van der Waals surface area contributed by atoms with Gasteiger partial charge in [0, 0.05) is 44.2 Å². The molecule has 1 atom stereocenters. The predicted molar refractivity (Wildman–Crippen MR) is 112 cm³/mol. The van der Waals surface area contributed by atoms with Crippen molar-refractivity contribution in [1.82, 2.24) is 19.4 Å². The zero-order chi connectivity index (χ0) is 21.1. The van der Waals surface area contributed by atoms with Crippen LogP contribution < -0.4 is 11.2 Å². The van der Waals surface area contributed by atoms with Gasteiger partial charge in [0.25, 0.3) is 11.5 Å². The SMILES string of the molecule is CCn1c(=O)[nH]c2cc(C(=O)N(Cc3cccnc3)CC3CCCO3)ccc2c1=O. The number of carbonyl (C=O) groups is 1. The Balaban J connectivity index is 1.68. The molecule has 2 aromatic heterocycles. The Kier molecular flexibility index (Phi) is 5.76. The number of aromatic nitrogens is 3. The largest absolute Gasteiger partial charge is 0.376 e. The summed E-state index contributed by atoms with van der Waals surface area (Å²) in [6.07, 6.45) is 5.33. The smallest absolute Gasteiger partial charge is 0.328 e. The van der Waals surface area contributed by atoms with Gasteiger partial charge in [0.2, 0.25) is 0 Å². The fraction of sp³-hybridized carbons (Fsp3) is 0.364. The highest BCUT2D eigenvalue weighted by molar-refractivity contribution is 5.97. The first-order valence-electron chi connectivity index (χ1n) is 10.1. The molecular weight excluding hydrogens is 384 g/mol. The van der Waals surface area contributed by atoms with Gasteiger partial charge in [-0.3, -0.25) is 19.1 Å². The standard InChI is InChI=1S/C22H24N4O4/c1-2-26-21(28)18-8-7-16(11-19(18)24-22(26)29)20(27)25(14-17-6-4-10-30-17)13-15-5-3-9-23-12-15/h3,5,7-9,11-12,17H,2,4,6,10,13-14H2,1H3,(H,24,29). The lowest BCUT2D eigenvalue weighted by molar-refractivity contribution is 0.0507. The molecule has 1 fully saturated rings. The fourth-order valence-corrected chi connectivity index (χ4v) is 3.82. The minimum atomic E-state index is -0.480. The number of nitrogens with zero attached hydrogens (tertiary/aromatic N) is 3. The molecule has 1 aliphatic heterocycles. The van der Waals surface area contributed by atoms with Crippen molar-refractivity contribution in [3.8, 4) is 0 Å². The van der Waals surface area contributed by atoms with Crippen molar-refractivity contribution < 1.29 is 9.53 Å². The maximum Gasteiger partial charge on any atom is 0.328 e.